The summed E-state index contributed by atoms with van der Waals surface area (Å²) >= 11 is 0. The average molecular weight is 398 g/mol. The van der Waals surface area contributed by atoms with Crippen LogP contribution in [0.5, 0.6) is 5.75 Å². The van der Waals surface area contributed by atoms with Gasteiger partial charge in [0.2, 0.25) is 0 Å². The van der Waals surface area contributed by atoms with Crippen molar-refractivity contribution in [3.05, 3.63) is 83.1 Å². The molecule has 0 radical (unpaired) electrons. The second-order valence-electron chi connectivity index (χ2n) is 8.01. The second kappa shape index (κ2) is 7.41. The van der Waals surface area contributed by atoms with E-state index in [0.29, 0.717) is 35.7 Å². The summed E-state index contributed by atoms with van der Waals surface area (Å²) in [6.45, 7) is 3.23. The normalized spacial score (nSPS) is 15.8. The van der Waals surface area contributed by atoms with Gasteiger partial charge in [0, 0.05) is 24.7 Å². The molecule has 5 heteroatoms. The van der Waals surface area contributed by atoms with Crippen LogP contribution in [-0.2, 0) is 6.54 Å². The maximum Gasteiger partial charge on any atom is 0.343 e. The Hall–Kier alpha value is -3.47. The van der Waals surface area contributed by atoms with Gasteiger partial charge in [-0.3, -0.25) is 9.78 Å². The summed E-state index contributed by atoms with van der Waals surface area (Å²) in [6.07, 6.45) is 8.03. The molecule has 2 aromatic carbocycles. The summed E-state index contributed by atoms with van der Waals surface area (Å²) in [4.78, 5) is 32.5. The molecule has 5 nitrogen and oxygen atoms in total. The fraction of sp³-hybridized carbons (Fsp3) is 0.240. The number of hydrogen-bond donors (Lipinski definition) is 0. The summed E-state index contributed by atoms with van der Waals surface area (Å²) in [7, 11) is 0. The van der Waals surface area contributed by atoms with Crippen molar-refractivity contribution in [1.82, 2.24) is 9.88 Å². The van der Waals surface area contributed by atoms with Crippen LogP contribution in [0.15, 0.2) is 60.8 Å². The van der Waals surface area contributed by atoms with Crippen LogP contribution >= 0.6 is 0 Å². The number of carbonyl (C=O) groups excluding carboxylic acids is 2. The summed E-state index contributed by atoms with van der Waals surface area (Å²) in [5.74, 6) is 0.155. The largest absolute Gasteiger partial charge is 0.420 e. The van der Waals surface area contributed by atoms with Crippen molar-refractivity contribution in [3.63, 3.8) is 0 Å². The maximum absolute atomic E-state index is 13.3. The number of esters is 1. The van der Waals surface area contributed by atoms with Crippen LogP contribution in [0, 0.1) is 12.8 Å². The first kappa shape index (κ1) is 18.6. The van der Waals surface area contributed by atoms with Crippen LogP contribution in [0.3, 0.4) is 0 Å². The minimum absolute atomic E-state index is 0.0852. The summed E-state index contributed by atoms with van der Waals surface area (Å²) < 4.78 is 5.84. The monoisotopic (exact) mass is 398 g/mol. The van der Waals surface area contributed by atoms with E-state index < -0.39 is 5.97 Å². The molecule has 1 aliphatic heterocycles. The number of rotatable bonds is 4. The SMILES string of the molecule is Cc1ccnc2c(OC(=O)c3ccccc3)c3c(cc12)CN(CC1CC=CC1)C3=O. The summed E-state index contributed by atoms with van der Waals surface area (Å²) in [6, 6.07) is 12.8. The van der Waals surface area contributed by atoms with Gasteiger partial charge < -0.3 is 9.64 Å². The van der Waals surface area contributed by atoms with Crippen molar-refractivity contribution in [1.29, 1.82) is 0 Å². The third-order valence-corrected chi connectivity index (χ3v) is 5.94. The highest BCUT2D eigenvalue weighted by molar-refractivity contribution is 6.08. The molecular formula is C25H22N2O3. The van der Waals surface area contributed by atoms with Gasteiger partial charge >= 0.3 is 5.97 Å². The number of pyridine rings is 1. The topological polar surface area (TPSA) is 59.5 Å². The Morgan fingerprint density at radius 2 is 1.93 bits per heavy atom. The summed E-state index contributed by atoms with van der Waals surface area (Å²) in [5, 5.41) is 0.907. The first-order valence-corrected chi connectivity index (χ1v) is 10.2. The minimum atomic E-state index is -0.486. The predicted molar refractivity (Wildman–Crippen MR) is 114 cm³/mol. The number of carbonyl (C=O) groups is 2. The Bertz CT molecular complexity index is 1180. The second-order valence-corrected chi connectivity index (χ2v) is 8.01. The van der Waals surface area contributed by atoms with Gasteiger partial charge in [0.1, 0.15) is 5.52 Å². The molecule has 2 aliphatic rings. The van der Waals surface area contributed by atoms with Gasteiger partial charge in [-0.25, -0.2) is 4.79 Å². The van der Waals surface area contributed by atoms with Gasteiger partial charge in [-0.1, -0.05) is 30.4 Å². The molecule has 0 fully saturated rings. The number of amides is 1. The molecule has 5 rings (SSSR count). The van der Waals surface area contributed by atoms with Gasteiger partial charge in [0.25, 0.3) is 5.91 Å². The summed E-state index contributed by atoms with van der Waals surface area (Å²) in [5.41, 5.74) is 3.39. The van der Waals surface area contributed by atoms with Crippen LogP contribution in [0.1, 0.15) is 44.7 Å². The van der Waals surface area contributed by atoms with Crippen LogP contribution in [-0.4, -0.2) is 28.3 Å². The van der Waals surface area contributed by atoms with E-state index in [0.717, 1.165) is 29.4 Å². The van der Waals surface area contributed by atoms with Crippen molar-refractivity contribution < 1.29 is 14.3 Å². The van der Waals surface area contributed by atoms with E-state index in [9.17, 15) is 9.59 Å². The number of benzene rings is 2. The number of nitrogens with zero attached hydrogens (tertiary/aromatic N) is 2. The Kier molecular flexibility index (Phi) is 4.58. The van der Waals surface area contributed by atoms with Gasteiger partial charge in [-0.2, -0.15) is 0 Å². The lowest BCUT2D eigenvalue weighted by Gasteiger charge is -2.20. The Labute approximate surface area is 175 Å². The van der Waals surface area contributed by atoms with Crippen molar-refractivity contribution in [2.45, 2.75) is 26.3 Å². The highest BCUT2D eigenvalue weighted by atomic mass is 16.5. The fourth-order valence-electron chi connectivity index (χ4n) is 4.35. The lowest BCUT2D eigenvalue weighted by atomic mass is 10.0. The highest BCUT2D eigenvalue weighted by Gasteiger charge is 2.35. The van der Waals surface area contributed by atoms with Crippen LogP contribution in [0.2, 0.25) is 0 Å². The zero-order chi connectivity index (χ0) is 20.7. The molecule has 0 unspecified atom stereocenters. The van der Waals surface area contributed by atoms with E-state index in [1.165, 1.54) is 0 Å². The van der Waals surface area contributed by atoms with Crippen LogP contribution in [0.4, 0.5) is 0 Å². The van der Waals surface area contributed by atoms with E-state index >= 15 is 0 Å². The molecule has 0 atom stereocenters. The number of ether oxygens (including phenoxy) is 1. The van der Waals surface area contributed by atoms with E-state index in [4.69, 9.17) is 4.74 Å². The molecule has 0 N–H and O–H groups in total. The molecule has 0 saturated carbocycles. The van der Waals surface area contributed by atoms with Crippen molar-refractivity contribution in [2.24, 2.45) is 5.92 Å². The van der Waals surface area contributed by atoms with E-state index in [1.807, 2.05) is 30.0 Å². The molecular weight excluding hydrogens is 376 g/mol. The first-order valence-electron chi connectivity index (χ1n) is 10.2. The first-order chi connectivity index (χ1) is 14.6. The molecule has 1 amide bonds. The molecule has 1 aliphatic carbocycles. The van der Waals surface area contributed by atoms with Crippen molar-refractivity contribution in [3.8, 4) is 5.75 Å². The molecule has 3 aromatic rings. The van der Waals surface area contributed by atoms with Crippen molar-refractivity contribution >= 4 is 22.8 Å². The number of hydrogen-bond acceptors (Lipinski definition) is 4. The molecule has 30 heavy (non-hydrogen) atoms. The maximum atomic E-state index is 13.3. The zero-order valence-corrected chi connectivity index (χ0v) is 16.8. The smallest absolute Gasteiger partial charge is 0.343 e. The minimum Gasteiger partial charge on any atom is -0.420 e. The lowest BCUT2D eigenvalue weighted by Crippen LogP contribution is -2.29. The molecule has 0 spiro atoms. The molecule has 2 heterocycles. The fourth-order valence-corrected chi connectivity index (χ4v) is 4.35. The average Bonchev–Trinajstić information content (AvgIpc) is 3.38. The van der Waals surface area contributed by atoms with Gasteiger partial charge in [0.05, 0.1) is 11.1 Å². The van der Waals surface area contributed by atoms with E-state index in [2.05, 4.69) is 17.1 Å². The molecule has 0 saturated heterocycles. The van der Waals surface area contributed by atoms with Crippen LogP contribution in [0.25, 0.3) is 10.9 Å². The number of allylic oxidation sites excluding steroid dienone is 2. The Morgan fingerprint density at radius 1 is 1.17 bits per heavy atom. The van der Waals surface area contributed by atoms with Crippen molar-refractivity contribution in [2.75, 3.05) is 6.54 Å². The molecule has 150 valence electrons. The predicted octanol–water partition coefficient (Wildman–Crippen LogP) is 4.68. The number of aromatic nitrogens is 1. The standard InChI is InChI=1S/C25H22N2O3/c1-16-11-12-26-22-20(16)13-19-15-27(14-17-7-5-6-8-17)24(28)21(19)23(22)30-25(29)18-9-3-2-4-10-18/h2-6,9-13,17H,7-8,14-15H2,1H3. The van der Waals surface area contributed by atoms with E-state index in [1.54, 1.807) is 30.5 Å². The van der Waals surface area contributed by atoms with Gasteiger partial charge in [-0.05, 0) is 61.1 Å². The van der Waals surface area contributed by atoms with E-state index in [-0.39, 0.29) is 11.7 Å². The number of fused-ring (bicyclic) bond motifs is 2. The zero-order valence-electron chi connectivity index (χ0n) is 16.8. The quantitative estimate of drug-likeness (QED) is 0.364. The molecule has 1 aromatic heterocycles. The number of aryl methyl sites for hydroxylation is 1. The van der Waals surface area contributed by atoms with Gasteiger partial charge in [-0.15, -0.1) is 0 Å². The highest BCUT2D eigenvalue weighted by Crippen LogP contribution is 2.39. The third-order valence-electron chi connectivity index (χ3n) is 5.94. The lowest BCUT2D eigenvalue weighted by molar-refractivity contribution is 0.0722. The Morgan fingerprint density at radius 3 is 2.70 bits per heavy atom. The third kappa shape index (κ3) is 3.16. The van der Waals surface area contributed by atoms with Crippen LogP contribution < -0.4 is 4.74 Å². The molecule has 0 bridgehead atoms. The Balaban J connectivity index is 1.57. The van der Waals surface area contributed by atoms with Gasteiger partial charge in [0.15, 0.2) is 5.75 Å².